The maximum atomic E-state index is 5.41. The summed E-state index contributed by atoms with van der Waals surface area (Å²) in [4.78, 5) is 18.3. The van der Waals surface area contributed by atoms with Crippen LogP contribution in [-0.4, -0.2) is 34.5 Å². The first-order chi connectivity index (χ1) is 25.3. The normalized spacial score (nSPS) is 22.5. The zero-order valence-electron chi connectivity index (χ0n) is 36.4. The summed E-state index contributed by atoms with van der Waals surface area (Å²) in [5, 5.41) is 2.29. The standard InChI is InChI=1S/C37H46N4.C6H14.2C2H6.CH5N/c1-10-14-16-25-17-26-18-30-22(7)27(12-3)33(39-30)19-31-23(8)28(13-4)34(40-31)20-32-24(9)35(21(5)6)37(41-32)29(15-11-2)36(25)38-26;1-5-6(2,3)4;3*1-2/h10-12,19-20,22,25,27,30,40-41H,1-3,5,13-18H2,4,6-9H3;5H2,1-4H3;2*1-2H3;2H2,1H3/b31-19-,34-20-,36-29-;;;;. The second-order valence-corrected chi connectivity index (χ2v) is 15.1. The third-order valence-electron chi connectivity index (χ3n) is 10.5. The Kier molecular flexibility index (Phi) is 20.1. The third kappa shape index (κ3) is 11.6. The van der Waals surface area contributed by atoms with Crippen LogP contribution in [0, 0.1) is 37.0 Å². The van der Waals surface area contributed by atoms with Crippen molar-refractivity contribution in [3.63, 3.8) is 0 Å². The molecule has 3 aliphatic rings. The number of fused-ring (bicyclic) bond motifs is 6. The van der Waals surface area contributed by atoms with Crippen LogP contribution in [0.4, 0.5) is 0 Å². The van der Waals surface area contributed by atoms with Crippen molar-refractivity contribution in [2.75, 3.05) is 7.05 Å². The van der Waals surface area contributed by atoms with E-state index in [4.69, 9.17) is 9.98 Å². The van der Waals surface area contributed by atoms with Crippen LogP contribution in [0.25, 0.3) is 23.3 Å². The fourth-order valence-corrected chi connectivity index (χ4v) is 7.23. The first-order valence-corrected chi connectivity index (χ1v) is 20.4. The number of hydrogen-bond donors (Lipinski definition) is 3. The molecule has 5 nitrogen and oxygen atoms in total. The van der Waals surface area contributed by atoms with Crippen LogP contribution < -0.4 is 16.4 Å². The monoisotopic (exact) mass is 724 g/mol. The Morgan fingerprint density at radius 2 is 1.57 bits per heavy atom. The minimum absolute atomic E-state index is 0.190. The molecule has 0 saturated heterocycles. The summed E-state index contributed by atoms with van der Waals surface area (Å²) in [6, 6.07) is 0.190. The Labute approximate surface area is 325 Å². The molecule has 0 radical (unpaired) electrons. The lowest BCUT2D eigenvalue weighted by atomic mass is 9.85. The van der Waals surface area contributed by atoms with Gasteiger partial charge in [-0.15, -0.1) is 19.7 Å². The van der Waals surface area contributed by atoms with E-state index in [0.29, 0.717) is 17.3 Å². The van der Waals surface area contributed by atoms with E-state index in [2.05, 4.69) is 123 Å². The van der Waals surface area contributed by atoms with Gasteiger partial charge in [-0.05, 0) is 106 Å². The maximum Gasteiger partial charge on any atom is 0.0590 e. The van der Waals surface area contributed by atoms with E-state index in [0.717, 1.165) is 71.9 Å². The predicted octanol–water partition coefficient (Wildman–Crippen LogP) is 11.6. The molecule has 5 rings (SSSR count). The first-order valence-electron chi connectivity index (χ1n) is 20.4. The molecule has 0 aliphatic carbocycles. The van der Waals surface area contributed by atoms with Crippen molar-refractivity contribution in [1.82, 2.24) is 9.97 Å². The van der Waals surface area contributed by atoms with Crippen molar-refractivity contribution in [2.24, 2.45) is 38.9 Å². The topological polar surface area (TPSA) is 82.3 Å². The van der Waals surface area contributed by atoms with Crippen LogP contribution in [0.5, 0.6) is 0 Å². The van der Waals surface area contributed by atoms with Gasteiger partial charge in [0, 0.05) is 62.9 Å². The van der Waals surface area contributed by atoms with E-state index in [1.165, 1.54) is 52.7 Å². The Morgan fingerprint density at radius 1 is 0.943 bits per heavy atom. The molecule has 53 heavy (non-hydrogen) atoms. The second kappa shape index (κ2) is 22.5. The average Bonchev–Trinajstić information content (AvgIpc) is 3.87. The summed E-state index contributed by atoms with van der Waals surface area (Å²) >= 11 is 0. The van der Waals surface area contributed by atoms with Crippen molar-refractivity contribution in [2.45, 2.75) is 141 Å². The van der Waals surface area contributed by atoms with Gasteiger partial charge >= 0.3 is 0 Å². The SMILES string of the molecule is C=CCCC1CC2=N/C1=C(/CC=C)c1[nH]c(c(C)c1C(=C)C)/C=c1\[nH]/c(c(C)c1CC)=C\C1=NC(C2)C(C)C1C=C.CC.CC.CCC(C)(C)C.CN. The smallest absolute Gasteiger partial charge is 0.0590 e. The summed E-state index contributed by atoms with van der Waals surface area (Å²) in [5.41, 5.74) is 18.2. The van der Waals surface area contributed by atoms with Crippen LogP contribution >= 0.6 is 0 Å². The summed E-state index contributed by atoms with van der Waals surface area (Å²) in [6.45, 7) is 44.8. The molecule has 2 aromatic rings. The summed E-state index contributed by atoms with van der Waals surface area (Å²) < 4.78 is 0. The zero-order valence-corrected chi connectivity index (χ0v) is 36.4. The van der Waals surface area contributed by atoms with Crippen molar-refractivity contribution in [3.05, 3.63) is 94.6 Å². The number of hydrogen-bond acceptors (Lipinski definition) is 3. The van der Waals surface area contributed by atoms with Gasteiger partial charge in [0.05, 0.1) is 11.7 Å². The van der Waals surface area contributed by atoms with Gasteiger partial charge in [-0.2, -0.15) is 0 Å². The minimum atomic E-state index is 0.190. The molecule has 2 aromatic heterocycles. The van der Waals surface area contributed by atoms with Gasteiger partial charge in [-0.3, -0.25) is 9.98 Å². The molecule has 0 aromatic carbocycles. The number of aromatic amines is 2. The number of nitrogens with zero attached hydrogens (tertiary/aromatic N) is 2. The number of rotatable bonds is 8. The lowest BCUT2D eigenvalue weighted by Crippen LogP contribution is -2.22. The van der Waals surface area contributed by atoms with Gasteiger partial charge in [0.25, 0.3) is 0 Å². The molecule has 5 heteroatoms. The van der Waals surface area contributed by atoms with Crippen LogP contribution in [0.1, 0.15) is 148 Å². The largest absolute Gasteiger partial charge is 0.355 e. The number of aromatic nitrogens is 2. The molecular formula is C48H77N5. The van der Waals surface area contributed by atoms with Crippen molar-refractivity contribution >= 4 is 34.7 Å². The van der Waals surface area contributed by atoms with Gasteiger partial charge in [0.15, 0.2) is 0 Å². The molecule has 4 unspecified atom stereocenters. The molecule has 0 fully saturated rings. The number of allylic oxidation sites excluding steroid dienone is 6. The fraction of sp³-hybridized carbons (Fsp3) is 0.542. The Bertz CT molecular complexity index is 1740. The van der Waals surface area contributed by atoms with Crippen LogP contribution in [-0.2, 0) is 6.42 Å². The molecular weight excluding hydrogens is 647 g/mol. The fourth-order valence-electron chi connectivity index (χ4n) is 7.23. The lowest BCUT2D eigenvalue weighted by molar-refractivity contribution is 0.398. The summed E-state index contributed by atoms with van der Waals surface area (Å²) in [5.74, 6) is 0.954. The highest BCUT2D eigenvalue weighted by molar-refractivity contribution is 6.13. The van der Waals surface area contributed by atoms with Gasteiger partial charge < -0.3 is 15.7 Å². The van der Waals surface area contributed by atoms with E-state index in [1.54, 1.807) is 0 Å². The van der Waals surface area contributed by atoms with Crippen LogP contribution in [0.3, 0.4) is 0 Å². The minimum Gasteiger partial charge on any atom is -0.355 e. The predicted molar refractivity (Wildman–Crippen MR) is 240 cm³/mol. The zero-order chi connectivity index (χ0) is 40.6. The number of nitrogens with two attached hydrogens (primary N) is 1. The Hall–Kier alpha value is -3.70. The van der Waals surface area contributed by atoms with E-state index in [1.807, 2.05) is 39.8 Å². The molecule has 0 saturated carbocycles. The number of aliphatic imine (C=N–C) groups is 2. The van der Waals surface area contributed by atoms with Gasteiger partial charge in [0.2, 0.25) is 0 Å². The van der Waals surface area contributed by atoms with Gasteiger partial charge in [-0.1, -0.05) is 100 Å². The Balaban J connectivity index is 0.00000104. The number of nitrogens with one attached hydrogen (secondary N) is 2. The van der Waals surface area contributed by atoms with Crippen molar-refractivity contribution < 1.29 is 0 Å². The van der Waals surface area contributed by atoms with Crippen molar-refractivity contribution in [3.8, 4) is 0 Å². The third-order valence-corrected chi connectivity index (χ3v) is 10.5. The lowest BCUT2D eigenvalue weighted by Gasteiger charge is -2.18. The van der Waals surface area contributed by atoms with Crippen LogP contribution in [0.15, 0.2) is 60.2 Å². The van der Waals surface area contributed by atoms with Gasteiger partial charge in [-0.25, -0.2) is 0 Å². The molecule has 4 atom stereocenters. The Morgan fingerprint density at radius 3 is 2.08 bits per heavy atom. The summed E-state index contributed by atoms with van der Waals surface area (Å²) in [6.07, 6.45) is 17.5. The molecule has 0 spiro atoms. The average molecular weight is 724 g/mol. The molecule has 0 amide bonds. The van der Waals surface area contributed by atoms with E-state index in [9.17, 15) is 0 Å². The van der Waals surface area contributed by atoms with E-state index in [-0.39, 0.29) is 12.0 Å². The second-order valence-electron chi connectivity index (χ2n) is 15.1. The molecule has 4 N–H and O–H groups in total. The molecule has 8 bridgehead atoms. The van der Waals surface area contributed by atoms with E-state index < -0.39 is 0 Å². The molecule has 294 valence electrons. The van der Waals surface area contributed by atoms with E-state index >= 15 is 0 Å². The first kappa shape index (κ1) is 47.3. The van der Waals surface area contributed by atoms with Gasteiger partial charge in [0.1, 0.15) is 0 Å². The summed E-state index contributed by atoms with van der Waals surface area (Å²) in [7, 11) is 1.50. The van der Waals surface area contributed by atoms with Crippen LogP contribution in [0.2, 0.25) is 0 Å². The molecule has 5 heterocycles. The molecule has 3 aliphatic heterocycles. The number of H-pyrrole nitrogens is 2. The van der Waals surface area contributed by atoms with Crippen molar-refractivity contribution in [1.29, 1.82) is 0 Å². The highest BCUT2D eigenvalue weighted by Gasteiger charge is 2.36. The highest BCUT2D eigenvalue weighted by Crippen LogP contribution is 2.42. The quantitative estimate of drug-likeness (QED) is 0.233. The highest BCUT2D eigenvalue weighted by atomic mass is 14.9. The maximum absolute atomic E-state index is 5.41.